The summed E-state index contributed by atoms with van der Waals surface area (Å²) in [5.41, 5.74) is 1.95. The van der Waals surface area contributed by atoms with Crippen LogP contribution in [-0.2, 0) is 6.54 Å². The Bertz CT molecular complexity index is 511. The third kappa shape index (κ3) is 2.58. The first-order valence-electron chi connectivity index (χ1n) is 5.85. The summed E-state index contributed by atoms with van der Waals surface area (Å²) in [6, 6.07) is 7.96. The van der Waals surface area contributed by atoms with Crippen molar-refractivity contribution in [2.24, 2.45) is 0 Å². The van der Waals surface area contributed by atoms with Crippen molar-refractivity contribution < 1.29 is 5.11 Å². The van der Waals surface area contributed by atoms with Gasteiger partial charge in [0, 0.05) is 12.1 Å². The van der Waals surface area contributed by atoms with E-state index in [1.807, 2.05) is 28.8 Å². The van der Waals surface area contributed by atoms with Gasteiger partial charge in [-0.25, -0.2) is 4.98 Å². The topological polar surface area (TPSA) is 50.1 Å². The van der Waals surface area contributed by atoms with Gasteiger partial charge >= 0.3 is 0 Å². The van der Waals surface area contributed by atoms with Crippen LogP contribution in [0.5, 0.6) is 0 Å². The first-order chi connectivity index (χ1) is 8.01. The summed E-state index contributed by atoms with van der Waals surface area (Å²) in [7, 11) is 0. The van der Waals surface area contributed by atoms with Gasteiger partial charge in [-0.15, -0.1) is 0 Å². The monoisotopic (exact) mass is 233 g/mol. The van der Waals surface area contributed by atoms with E-state index in [9.17, 15) is 0 Å². The maximum atomic E-state index is 9.14. The minimum atomic E-state index is -0.0470. The summed E-state index contributed by atoms with van der Waals surface area (Å²) in [6.45, 7) is 6.94. The molecule has 4 nitrogen and oxygen atoms in total. The van der Waals surface area contributed by atoms with E-state index in [-0.39, 0.29) is 12.1 Å². The highest BCUT2D eigenvalue weighted by Crippen LogP contribution is 2.21. The van der Waals surface area contributed by atoms with Gasteiger partial charge in [0.15, 0.2) is 0 Å². The summed E-state index contributed by atoms with van der Waals surface area (Å²) in [4.78, 5) is 4.56. The molecule has 0 spiro atoms. The van der Waals surface area contributed by atoms with Crippen LogP contribution in [0.4, 0.5) is 5.95 Å². The van der Waals surface area contributed by atoms with Crippen molar-refractivity contribution in [1.82, 2.24) is 9.55 Å². The summed E-state index contributed by atoms with van der Waals surface area (Å²) in [5, 5.41) is 12.5. The Morgan fingerprint density at radius 2 is 2.00 bits per heavy atom. The maximum Gasteiger partial charge on any atom is 0.204 e. The second-order valence-corrected chi connectivity index (χ2v) is 5.17. The van der Waals surface area contributed by atoms with Gasteiger partial charge in [-0.1, -0.05) is 12.1 Å². The van der Waals surface area contributed by atoms with Crippen molar-refractivity contribution in [1.29, 1.82) is 0 Å². The molecule has 2 rings (SSSR count). The first-order valence-corrected chi connectivity index (χ1v) is 5.85. The Hall–Kier alpha value is -1.55. The zero-order valence-corrected chi connectivity index (χ0v) is 10.6. The van der Waals surface area contributed by atoms with Gasteiger partial charge in [0.2, 0.25) is 5.95 Å². The SMILES string of the molecule is CC(C)(C)Nc1nc2ccccc2n1CCO. The zero-order chi connectivity index (χ0) is 12.5. The van der Waals surface area contributed by atoms with Gasteiger partial charge in [0.1, 0.15) is 0 Å². The van der Waals surface area contributed by atoms with Crippen LogP contribution in [0.3, 0.4) is 0 Å². The van der Waals surface area contributed by atoms with Crippen LogP contribution in [0.1, 0.15) is 20.8 Å². The second-order valence-electron chi connectivity index (χ2n) is 5.17. The molecule has 0 fully saturated rings. The van der Waals surface area contributed by atoms with Gasteiger partial charge < -0.3 is 15.0 Å². The van der Waals surface area contributed by atoms with Crippen molar-refractivity contribution in [2.75, 3.05) is 11.9 Å². The number of fused-ring (bicyclic) bond motifs is 1. The molecule has 0 aliphatic carbocycles. The molecule has 1 heterocycles. The number of rotatable bonds is 3. The van der Waals surface area contributed by atoms with Gasteiger partial charge in [0.25, 0.3) is 0 Å². The number of nitrogens with zero attached hydrogens (tertiary/aromatic N) is 2. The number of hydrogen-bond donors (Lipinski definition) is 2. The highest BCUT2D eigenvalue weighted by atomic mass is 16.3. The number of para-hydroxylation sites is 2. The minimum Gasteiger partial charge on any atom is -0.395 e. The molecule has 1 aromatic heterocycles. The number of aromatic nitrogens is 2. The molecule has 0 atom stereocenters. The molecule has 0 amide bonds. The molecule has 92 valence electrons. The van der Waals surface area contributed by atoms with Crippen LogP contribution in [0.15, 0.2) is 24.3 Å². The molecule has 17 heavy (non-hydrogen) atoms. The van der Waals surface area contributed by atoms with Crippen LogP contribution in [0.25, 0.3) is 11.0 Å². The van der Waals surface area contributed by atoms with E-state index >= 15 is 0 Å². The van der Waals surface area contributed by atoms with Crippen LogP contribution < -0.4 is 5.32 Å². The molecule has 2 N–H and O–H groups in total. The number of anilines is 1. The van der Waals surface area contributed by atoms with Crippen molar-refractivity contribution >= 4 is 17.0 Å². The Balaban J connectivity index is 2.49. The Morgan fingerprint density at radius 1 is 1.29 bits per heavy atom. The average Bonchev–Trinajstić information content (AvgIpc) is 2.55. The zero-order valence-electron chi connectivity index (χ0n) is 10.6. The predicted molar refractivity (Wildman–Crippen MR) is 70.2 cm³/mol. The average molecular weight is 233 g/mol. The van der Waals surface area contributed by atoms with Crippen molar-refractivity contribution in [2.45, 2.75) is 32.9 Å². The van der Waals surface area contributed by atoms with Crippen LogP contribution in [0, 0.1) is 0 Å². The standard InChI is InChI=1S/C13H19N3O/c1-13(2,3)15-12-14-10-6-4-5-7-11(10)16(12)8-9-17/h4-7,17H,8-9H2,1-3H3,(H,14,15). The predicted octanol–water partition coefficient (Wildman–Crippen LogP) is 2.24. The smallest absolute Gasteiger partial charge is 0.204 e. The van der Waals surface area contributed by atoms with Crippen molar-refractivity contribution in [3.8, 4) is 0 Å². The van der Waals surface area contributed by atoms with E-state index < -0.39 is 0 Å². The second kappa shape index (κ2) is 4.37. The fourth-order valence-electron chi connectivity index (χ4n) is 1.83. The summed E-state index contributed by atoms with van der Waals surface area (Å²) < 4.78 is 2.01. The number of hydrogen-bond acceptors (Lipinski definition) is 3. The number of aliphatic hydroxyl groups is 1. The van der Waals surface area contributed by atoms with Gasteiger partial charge in [-0.05, 0) is 32.9 Å². The summed E-state index contributed by atoms with van der Waals surface area (Å²) in [5.74, 6) is 0.813. The van der Waals surface area contributed by atoms with Gasteiger partial charge in [-0.3, -0.25) is 0 Å². The molecular weight excluding hydrogens is 214 g/mol. The lowest BCUT2D eigenvalue weighted by molar-refractivity contribution is 0.278. The summed E-state index contributed by atoms with van der Waals surface area (Å²) >= 11 is 0. The highest BCUT2D eigenvalue weighted by molar-refractivity contribution is 5.78. The molecule has 0 saturated heterocycles. The molecular formula is C13H19N3O. The molecule has 0 radical (unpaired) electrons. The first kappa shape index (κ1) is 11.9. The molecule has 0 unspecified atom stereocenters. The van der Waals surface area contributed by atoms with Crippen LogP contribution >= 0.6 is 0 Å². The van der Waals surface area contributed by atoms with E-state index in [1.165, 1.54) is 0 Å². The minimum absolute atomic E-state index is 0.0470. The molecule has 2 aromatic rings. The van der Waals surface area contributed by atoms with Crippen molar-refractivity contribution in [3.63, 3.8) is 0 Å². The van der Waals surface area contributed by atoms with E-state index in [0.29, 0.717) is 6.54 Å². The third-order valence-electron chi connectivity index (χ3n) is 2.46. The van der Waals surface area contributed by atoms with Crippen LogP contribution in [-0.4, -0.2) is 26.8 Å². The lowest BCUT2D eigenvalue weighted by Crippen LogP contribution is -2.28. The lowest BCUT2D eigenvalue weighted by Gasteiger charge is -2.22. The Kier molecular flexibility index (Phi) is 3.07. The van der Waals surface area contributed by atoms with Crippen LogP contribution in [0.2, 0.25) is 0 Å². The van der Waals surface area contributed by atoms with E-state index in [4.69, 9.17) is 5.11 Å². The highest BCUT2D eigenvalue weighted by Gasteiger charge is 2.15. The fraction of sp³-hybridized carbons (Fsp3) is 0.462. The number of benzene rings is 1. The molecule has 0 saturated carbocycles. The number of aliphatic hydroxyl groups excluding tert-OH is 1. The van der Waals surface area contributed by atoms with Gasteiger partial charge in [-0.2, -0.15) is 0 Å². The molecule has 0 bridgehead atoms. The number of nitrogens with one attached hydrogen (secondary N) is 1. The lowest BCUT2D eigenvalue weighted by atomic mass is 10.1. The van der Waals surface area contributed by atoms with E-state index in [1.54, 1.807) is 0 Å². The summed E-state index contributed by atoms with van der Waals surface area (Å²) in [6.07, 6.45) is 0. The van der Waals surface area contributed by atoms with E-state index in [2.05, 4.69) is 31.1 Å². The Morgan fingerprint density at radius 3 is 2.65 bits per heavy atom. The molecule has 1 aromatic carbocycles. The fourth-order valence-corrected chi connectivity index (χ4v) is 1.83. The Labute approximate surface area is 101 Å². The number of imidazole rings is 1. The molecule has 0 aliphatic rings. The largest absolute Gasteiger partial charge is 0.395 e. The van der Waals surface area contributed by atoms with Crippen molar-refractivity contribution in [3.05, 3.63) is 24.3 Å². The van der Waals surface area contributed by atoms with E-state index in [0.717, 1.165) is 17.0 Å². The normalized spacial score (nSPS) is 12.0. The van der Waals surface area contributed by atoms with Gasteiger partial charge in [0.05, 0.1) is 17.6 Å². The molecule has 4 heteroatoms. The third-order valence-corrected chi connectivity index (χ3v) is 2.46. The molecule has 0 aliphatic heterocycles. The quantitative estimate of drug-likeness (QED) is 0.854. The maximum absolute atomic E-state index is 9.14.